The normalized spacial score (nSPS) is 12.6. The Bertz CT molecular complexity index is 353. The molecule has 0 saturated carbocycles. The summed E-state index contributed by atoms with van der Waals surface area (Å²) in [5, 5.41) is 18.4. The molecular formula is C9H8Cl2O3. The molecule has 0 bridgehead atoms. The van der Waals surface area contributed by atoms with Crippen LogP contribution in [-0.4, -0.2) is 16.2 Å². The number of halogens is 2. The molecule has 0 spiro atoms. The number of aliphatic hydroxyl groups excluding tert-OH is 1. The lowest BCUT2D eigenvalue weighted by Gasteiger charge is -2.09. The molecular weight excluding hydrogens is 227 g/mol. The average Bonchev–Trinajstić information content (AvgIpc) is 2.12. The SMILES string of the molecule is Cc1cc(C(O)C(=O)O)cc(Cl)c1Cl. The molecule has 14 heavy (non-hydrogen) atoms. The predicted octanol–water partition coefficient (Wildman–Crippen LogP) is 2.42. The van der Waals surface area contributed by atoms with Crippen molar-refractivity contribution in [2.75, 3.05) is 0 Å². The Morgan fingerprint density at radius 3 is 2.43 bits per heavy atom. The van der Waals surface area contributed by atoms with Crippen molar-refractivity contribution < 1.29 is 15.0 Å². The third kappa shape index (κ3) is 2.18. The molecule has 1 aromatic rings. The van der Waals surface area contributed by atoms with Gasteiger partial charge in [-0.1, -0.05) is 29.3 Å². The van der Waals surface area contributed by atoms with E-state index in [0.29, 0.717) is 10.6 Å². The van der Waals surface area contributed by atoms with Gasteiger partial charge in [-0.15, -0.1) is 0 Å². The summed E-state index contributed by atoms with van der Waals surface area (Å²) in [7, 11) is 0. The van der Waals surface area contributed by atoms with E-state index >= 15 is 0 Å². The number of rotatable bonds is 2. The number of aliphatic carboxylic acids is 1. The average molecular weight is 235 g/mol. The van der Waals surface area contributed by atoms with Crippen LogP contribution in [0.1, 0.15) is 17.2 Å². The number of carboxylic acids is 1. The van der Waals surface area contributed by atoms with E-state index in [0.717, 1.165) is 0 Å². The second-order valence-electron chi connectivity index (χ2n) is 2.87. The molecule has 0 aliphatic rings. The molecule has 0 heterocycles. The summed E-state index contributed by atoms with van der Waals surface area (Å²) < 4.78 is 0. The molecule has 5 heteroatoms. The highest BCUT2D eigenvalue weighted by Crippen LogP contribution is 2.29. The van der Waals surface area contributed by atoms with E-state index in [1.165, 1.54) is 12.1 Å². The Labute approximate surface area is 90.9 Å². The summed E-state index contributed by atoms with van der Waals surface area (Å²) in [6.07, 6.45) is -1.57. The number of hydrogen-bond acceptors (Lipinski definition) is 2. The Morgan fingerprint density at radius 2 is 2.00 bits per heavy atom. The van der Waals surface area contributed by atoms with Crippen LogP contribution in [0, 0.1) is 6.92 Å². The number of aryl methyl sites for hydroxylation is 1. The molecule has 2 N–H and O–H groups in total. The van der Waals surface area contributed by atoms with E-state index in [9.17, 15) is 9.90 Å². The summed E-state index contributed by atoms with van der Waals surface area (Å²) in [5.74, 6) is -1.32. The molecule has 1 aromatic carbocycles. The highest BCUT2D eigenvalue weighted by Gasteiger charge is 2.17. The molecule has 0 amide bonds. The van der Waals surface area contributed by atoms with Crippen molar-refractivity contribution in [3.63, 3.8) is 0 Å². The number of aliphatic hydroxyl groups is 1. The van der Waals surface area contributed by atoms with E-state index in [-0.39, 0.29) is 10.6 Å². The first-order valence-electron chi connectivity index (χ1n) is 3.80. The highest BCUT2D eigenvalue weighted by atomic mass is 35.5. The van der Waals surface area contributed by atoms with Gasteiger partial charge in [0.1, 0.15) is 0 Å². The Morgan fingerprint density at radius 1 is 1.43 bits per heavy atom. The summed E-state index contributed by atoms with van der Waals surface area (Å²) in [4.78, 5) is 10.5. The first-order chi connectivity index (χ1) is 6.43. The van der Waals surface area contributed by atoms with Crippen LogP contribution in [0.3, 0.4) is 0 Å². The van der Waals surface area contributed by atoms with Crippen molar-refractivity contribution in [1.29, 1.82) is 0 Å². The second-order valence-corrected chi connectivity index (χ2v) is 3.66. The molecule has 0 fully saturated rings. The quantitative estimate of drug-likeness (QED) is 0.827. The van der Waals surface area contributed by atoms with Crippen LogP contribution in [0.5, 0.6) is 0 Å². The van der Waals surface area contributed by atoms with Crippen molar-refractivity contribution >= 4 is 29.2 Å². The smallest absolute Gasteiger partial charge is 0.337 e. The third-order valence-electron chi connectivity index (χ3n) is 1.78. The second kappa shape index (κ2) is 4.17. The van der Waals surface area contributed by atoms with Gasteiger partial charge < -0.3 is 10.2 Å². The molecule has 1 atom stereocenters. The van der Waals surface area contributed by atoms with Gasteiger partial charge in [0.2, 0.25) is 0 Å². The first-order valence-corrected chi connectivity index (χ1v) is 4.55. The van der Waals surface area contributed by atoms with Crippen LogP contribution < -0.4 is 0 Å². The van der Waals surface area contributed by atoms with Gasteiger partial charge >= 0.3 is 5.97 Å². The van der Waals surface area contributed by atoms with Gasteiger partial charge in [-0.05, 0) is 24.1 Å². The molecule has 0 aliphatic heterocycles. The third-order valence-corrected chi connectivity index (χ3v) is 2.68. The van der Waals surface area contributed by atoms with Gasteiger partial charge in [0.05, 0.1) is 10.0 Å². The molecule has 0 aromatic heterocycles. The van der Waals surface area contributed by atoms with Gasteiger partial charge in [-0.2, -0.15) is 0 Å². The van der Waals surface area contributed by atoms with E-state index in [1.807, 2.05) is 0 Å². The van der Waals surface area contributed by atoms with Gasteiger partial charge in [0.15, 0.2) is 6.10 Å². The predicted molar refractivity (Wildman–Crippen MR) is 53.8 cm³/mol. The summed E-state index contributed by atoms with van der Waals surface area (Å²) >= 11 is 11.5. The first kappa shape index (κ1) is 11.3. The molecule has 0 aliphatic carbocycles. The maximum Gasteiger partial charge on any atom is 0.337 e. The van der Waals surface area contributed by atoms with Gasteiger partial charge in [-0.3, -0.25) is 0 Å². The van der Waals surface area contributed by atoms with Crippen LogP contribution in [0.25, 0.3) is 0 Å². The largest absolute Gasteiger partial charge is 0.479 e. The van der Waals surface area contributed by atoms with Crippen molar-refractivity contribution in [1.82, 2.24) is 0 Å². The monoisotopic (exact) mass is 234 g/mol. The number of benzene rings is 1. The van der Waals surface area contributed by atoms with E-state index in [2.05, 4.69) is 0 Å². The van der Waals surface area contributed by atoms with Crippen molar-refractivity contribution in [3.8, 4) is 0 Å². The molecule has 3 nitrogen and oxygen atoms in total. The van der Waals surface area contributed by atoms with Gasteiger partial charge in [0, 0.05) is 0 Å². The topological polar surface area (TPSA) is 57.5 Å². The van der Waals surface area contributed by atoms with Gasteiger partial charge in [-0.25, -0.2) is 4.79 Å². The van der Waals surface area contributed by atoms with Crippen LogP contribution in [0.4, 0.5) is 0 Å². The fourth-order valence-electron chi connectivity index (χ4n) is 1.05. The van der Waals surface area contributed by atoms with E-state index in [1.54, 1.807) is 6.92 Å². The number of hydrogen-bond donors (Lipinski definition) is 2. The maximum atomic E-state index is 10.5. The fraction of sp³-hybridized carbons (Fsp3) is 0.222. The van der Waals surface area contributed by atoms with E-state index < -0.39 is 12.1 Å². The molecule has 1 rings (SSSR count). The van der Waals surface area contributed by atoms with Crippen molar-refractivity contribution in [3.05, 3.63) is 33.3 Å². The zero-order valence-corrected chi connectivity index (χ0v) is 8.80. The fourth-order valence-corrected chi connectivity index (χ4v) is 1.44. The van der Waals surface area contributed by atoms with Crippen molar-refractivity contribution in [2.45, 2.75) is 13.0 Å². The molecule has 76 valence electrons. The molecule has 1 unspecified atom stereocenters. The lowest BCUT2D eigenvalue weighted by Crippen LogP contribution is -2.10. The Hall–Kier alpha value is -0.770. The maximum absolute atomic E-state index is 10.5. The minimum absolute atomic E-state index is 0.226. The van der Waals surface area contributed by atoms with Crippen LogP contribution in [0.2, 0.25) is 10.0 Å². The number of carboxylic acid groups (broad SMARTS) is 1. The van der Waals surface area contributed by atoms with Crippen molar-refractivity contribution in [2.24, 2.45) is 0 Å². The minimum Gasteiger partial charge on any atom is -0.479 e. The standard InChI is InChI=1S/C9H8Cl2O3/c1-4-2-5(8(12)9(13)14)3-6(10)7(4)11/h2-3,8,12H,1H3,(H,13,14). The van der Waals surface area contributed by atoms with Crippen LogP contribution in [0.15, 0.2) is 12.1 Å². The minimum atomic E-state index is -1.57. The van der Waals surface area contributed by atoms with Crippen LogP contribution in [-0.2, 0) is 4.79 Å². The van der Waals surface area contributed by atoms with Gasteiger partial charge in [0.25, 0.3) is 0 Å². The number of carbonyl (C=O) groups is 1. The summed E-state index contributed by atoms with van der Waals surface area (Å²) in [6, 6.07) is 2.84. The summed E-state index contributed by atoms with van der Waals surface area (Å²) in [6.45, 7) is 1.69. The summed E-state index contributed by atoms with van der Waals surface area (Å²) in [5.41, 5.74) is 0.860. The Balaban J connectivity index is 3.19. The lowest BCUT2D eigenvalue weighted by molar-refractivity contribution is -0.146. The zero-order chi connectivity index (χ0) is 10.9. The van der Waals surface area contributed by atoms with E-state index in [4.69, 9.17) is 28.3 Å². The molecule has 0 radical (unpaired) electrons. The molecule has 0 saturated heterocycles. The Kier molecular flexibility index (Phi) is 3.37. The zero-order valence-electron chi connectivity index (χ0n) is 7.29. The van der Waals surface area contributed by atoms with Crippen LogP contribution >= 0.6 is 23.2 Å². The highest BCUT2D eigenvalue weighted by molar-refractivity contribution is 6.42. The lowest BCUT2D eigenvalue weighted by atomic mass is 10.1.